The van der Waals surface area contributed by atoms with Gasteiger partial charge in [-0.2, -0.15) is 0 Å². The van der Waals surface area contributed by atoms with Crippen LogP contribution in [0.25, 0.3) is 11.0 Å². The first-order valence-electron chi connectivity index (χ1n) is 17.3. The number of carbonyl (C=O) groups excluding carboxylic acids is 3. The molecule has 1 N–H and O–H groups in total. The topological polar surface area (TPSA) is 103 Å². The van der Waals surface area contributed by atoms with Crippen molar-refractivity contribution in [2.45, 2.75) is 63.5 Å². The molecule has 2 aliphatic heterocycles. The van der Waals surface area contributed by atoms with Crippen molar-refractivity contribution in [2.24, 2.45) is 0 Å². The number of likely N-dealkylation sites (tertiary alicyclic amines) is 1. The maximum Gasteiger partial charge on any atom is 0.287 e. The second kappa shape index (κ2) is 14.5. The second-order valence-corrected chi connectivity index (χ2v) is 13.9. The maximum absolute atomic E-state index is 14.1. The lowest BCUT2D eigenvalue weighted by molar-refractivity contribution is -0.133. The number of piperazine rings is 1. The molecule has 3 heterocycles. The summed E-state index contributed by atoms with van der Waals surface area (Å²) in [7, 11) is 0. The van der Waals surface area contributed by atoms with E-state index in [9.17, 15) is 19.2 Å². The molecule has 10 heteroatoms. The molecule has 3 amide bonds. The highest BCUT2D eigenvalue weighted by atomic mass is 35.5. The lowest BCUT2D eigenvalue weighted by Gasteiger charge is -2.38. The number of benzene rings is 3. The Bertz CT molecular complexity index is 1910. The van der Waals surface area contributed by atoms with Gasteiger partial charge in [0.25, 0.3) is 5.91 Å². The van der Waals surface area contributed by atoms with Crippen molar-refractivity contribution < 1.29 is 18.8 Å². The van der Waals surface area contributed by atoms with Crippen molar-refractivity contribution >= 4 is 46.0 Å². The fraction of sp³-hybridized carbons (Fsp3) is 0.385. The highest BCUT2D eigenvalue weighted by molar-refractivity contribution is 6.30. The summed E-state index contributed by atoms with van der Waals surface area (Å²) in [4.78, 5) is 59.2. The van der Waals surface area contributed by atoms with E-state index in [4.69, 9.17) is 16.0 Å². The Balaban J connectivity index is 1.07. The molecule has 1 atom stereocenters. The summed E-state index contributed by atoms with van der Waals surface area (Å²) in [5.41, 5.74) is 4.21. The van der Waals surface area contributed by atoms with Gasteiger partial charge in [0, 0.05) is 68.9 Å². The quantitative estimate of drug-likeness (QED) is 0.236. The lowest BCUT2D eigenvalue weighted by Crippen LogP contribution is -2.55. The Labute approximate surface area is 290 Å². The number of hydrogen-bond donors (Lipinski definition) is 1. The molecular weight excluding hydrogens is 640 g/mol. The van der Waals surface area contributed by atoms with Gasteiger partial charge in [-0.15, -0.1) is 0 Å². The monoisotopic (exact) mass is 680 g/mol. The first-order chi connectivity index (χ1) is 23.8. The normalized spacial score (nSPS) is 17.6. The van der Waals surface area contributed by atoms with Crippen molar-refractivity contribution in [3.63, 3.8) is 0 Å². The molecule has 2 saturated heterocycles. The predicted octanol–water partition coefficient (Wildman–Crippen LogP) is 5.92. The van der Waals surface area contributed by atoms with E-state index in [-0.39, 0.29) is 29.4 Å². The van der Waals surface area contributed by atoms with Crippen LogP contribution >= 0.6 is 11.6 Å². The minimum Gasteiger partial charge on any atom is -0.451 e. The molecule has 3 aliphatic rings. The van der Waals surface area contributed by atoms with Gasteiger partial charge >= 0.3 is 0 Å². The zero-order chi connectivity index (χ0) is 33.9. The largest absolute Gasteiger partial charge is 0.451 e. The van der Waals surface area contributed by atoms with E-state index >= 15 is 0 Å². The van der Waals surface area contributed by atoms with Crippen molar-refractivity contribution in [1.29, 1.82) is 0 Å². The third-order valence-corrected chi connectivity index (χ3v) is 10.5. The Morgan fingerprint density at radius 1 is 0.878 bits per heavy atom. The number of para-hydroxylation sites is 1. The number of fused-ring (bicyclic) bond motifs is 1. The number of amides is 3. The van der Waals surface area contributed by atoms with Crippen LogP contribution < -0.4 is 15.6 Å². The van der Waals surface area contributed by atoms with Gasteiger partial charge in [-0.3, -0.25) is 19.2 Å². The first-order valence-corrected chi connectivity index (χ1v) is 17.7. The van der Waals surface area contributed by atoms with Crippen LogP contribution in [0.3, 0.4) is 0 Å². The minimum absolute atomic E-state index is 0.127. The number of halogens is 1. The van der Waals surface area contributed by atoms with Crippen molar-refractivity contribution in [2.75, 3.05) is 37.6 Å². The number of nitrogens with zero attached hydrogens (tertiary/aromatic N) is 3. The summed E-state index contributed by atoms with van der Waals surface area (Å²) < 4.78 is 5.96. The van der Waals surface area contributed by atoms with Crippen molar-refractivity contribution in [1.82, 2.24) is 15.1 Å². The number of anilines is 1. The summed E-state index contributed by atoms with van der Waals surface area (Å²) in [6.45, 7) is 3.52. The van der Waals surface area contributed by atoms with Crippen LogP contribution in [0.15, 0.2) is 82.0 Å². The molecule has 4 aromatic rings. The average molecular weight is 681 g/mol. The zero-order valence-electron chi connectivity index (χ0n) is 27.5. The van der Waals surface area contributed by atoms with Gasteiger partial charge < -0.3 is 24.4 Å². The standard InChI is InChI=1S/C39H41ClN4O5/c40-30-14-11-26(12-15-30)22-32(41-38(47)36-24-34(45)31-23-28(13-16-35(31)49-36)27-6-1-2-7-27)39(48)43-20-18-42(19-21-43)33-9-4-3-8-29(33)25-44-17-5-10-37(44)46/h3-4,8-9,11-16,23-24,27,32H,1-2,5-7,10,17-22,25H2,(H,41,47)/t32-/m1/s1. The lowest BCUT2D eigenvalue weighted by atomic mass is 9.96. The van der Waals surface area contributed by atoms with Gasteiger partial charge in [0.2, 0.25) is 11.8 Å². The molecule has 1 aromatic heterocycles. The molecule has 0 spiro atoms. The fourth-order valence-corrected chi connectivity index (χ4v) is 7.63. The molecule has 1 aliphatic carbocycles. The molecule has 9 nitrogen and oxygen atoms in total. The Hall–Kier alpha value is -4.63. The Morgan fingerprint density at radius 2 is 1.63 bits per heavy atom. The van der Waals surface area contributed by atoms with Crippen LogP contribution in [0, 0.1) is 0 Å². The number of nitrogens with one attached hydrogen (secondary N) is 1. The highest BCUT2D eigenvalue weighted by Crippen LogP contribution is 2.35. The second-order valence-electron chi connectivity index (χ2n) is 13.4. The molecule has 0 radical (unpaired) electrons. The first kappa shape index (κ1) is 32.9. The predicted molar refractivity (Wildman–Crippen MR) is 190 cm³/mol. The van der Waals surface area contributed by atoms with Crippen molar-refractivity contribution in [3.05, 3.63) is 110 Å². The van der Waals surface area contributed by atoms with E-state index in [1.54, 1.807) is 23.1 Å². The molecule has 3 aromatic carbocycles. The third-order valence-electron chi connectivity index (χ3n) is 10.2. The molecule has 254 valence electrons. The van der Waals surface area contributed by atoms with Crippen LogP contribution in [-0.2, 0) is 22.6 Å². The summed E-state index contributed by atoms with van der Waals surface area (Å²) >= 11 is 6.12. The third kappa shape index (κ3) is 7.37. The summed E-state index contributed by atoms with van der Waals surface area (Å²) in [6.07, 6.45) is 6.36. The Morgan fingerprint density at radius 3 is 2.37 bits per heavy atom. The van der Waals surface area contributed by atoms with Crippen LogP contribution in [0.1, 0.15) is 71.7 Å². The molecule has 0 bridgehead atoms. The van der Waals surface area contributed by atoms with Crippen LogP contribution in [0.4, 0.5) is 5.69 Å². The average Bonchev–Trinajstić information content (AvgIpc) is 3.81. The minimum atomic E-state index is -0.889. The van der Waals surface area contributed by atoms with E-state index in [2.05, 4.69) is 22.3 Å². The molecule has 7 rings (SSSR count). The van der Waals surface area contributed by atoms with E-state index < -0.39 is 11.9 Å². The van der Waals surface area contributed by atoms with Gasteiger partial charge in [0.1, 0.15) is 11.6 Å². The van der Waals surface area contributed by atoms with Crippen molar-refractivity contribution in [3.8, 4) is 0 Å². The van der Waals surface area contributed by atoms with Gasteiger partial charge in [-0.25, -0.2) is 0 Å². The van der Waals surface area contributed by atoms with Gasteiger partial charge in [0.15, 0.2) is 11.2 Å². The Kier molecular flexibility index (Phi) is 9.71. The van der Waals surface area contributed by atoms with Crippen LogP contribution in [0.5, 0.6) is 0 Å². The van der Waals surface area contributed by atoms with E-state index in [0.29, 0.717) is 61.1 Å². The smallest absolute Gasteiger partial charge is 0.287 e. The van der Waals surface area contributed by atoms with Gasteiger partial charge in [-0.05, 0) is 72.2 Å². The maximum atomic E-state index is 14.1. The number of carbonyl (C=O) groups is 3. The summed E-state index contributed by atoms with van der Waals surface area (Å²) in [6, 6.07) is 21.3. The highest BCUT2D eigenvalue weighted by Gasteiger charge is 2.31. The number of hydrogen-bond acceptors (Lipinski definition) is 6. The molecule has 49 heavy (non-hydrogen) atoms. The van der Waals surface area contributed by atoms with E-state index in [1.165, 1.54) is 18.9 Å². The van der Waals surface area contributed by atoms with Crippen LogP contribution in [-0.4, -0.2) is 66.3 Å². The van der Waals surface area contributed by atoms with Crippen LogP contribution in [0.2, 0.25) is 5.02 Å². The van der Waals surface area contributed by atoms with E-state index in [0.717, 1.165) is 48.2 Å². The van der Waals surface area contributed by atoms with Gasteiger partial charge in [-0.1, -0.05) is 60.8 Å². The molecule has 1 saturated carbocycles. The number of rotatable bonds is 9. The van der Waals surface area contributed by atoms with Gasteiger partial charge in [0.05, 0.1) is 5.39 Å². The molecule has 0 unspecified atom stereocenters. The molecule has 3 fully saturated rings. The molecular formula is C39H41ClN4O5. The fourth-order valence-electron chi connectivity index (χ4n) is 7.50. The van der Waals surface area contributed by atoms with E-state index in [1.807, 2.05) is 41.3 Å². The zero-order valence-corrected chi connectivity index (χ0v) is 28.3. The SMILES string of the molecule is O=C(N[C@H](Cc1ccc(Cl)cc1)C(=O)N1CCN(c2ccccc2CN2CCCC2=O)CC1)c1cc(=O)c2cc(C3CCCC3)ccc2o1. The summed E-state index contributed by atoms with van der Waals surface area (Å²) in [5.74, 6) is -0.310. The summed E-state index contributed by atoms with van der Waals surface area (Å²) in [5, 5.41) is 3.93.